The Morgan fingerprint density at radius 1 is 1.33 bits per heavy atom. The molecule has 1 atom stereocenters. The van der Waals surface area contributed by atoms with Crippen molar-refractivity contribution >= 4 is 12.2 Å². The summed E-state index contributed by atoms with van der Waals surface area (Å²) < 4.78 is 10.2. The fourth-order valence-corrected chi connectivity index (χ4v) is 1.75. The monoisotopic (exact) mass is 300 g/mol. The molecule has 0 unspecified atom stereocenters. The first-order valence-electron chi connectivity index (χ1n) is 6.93. The molecule has 1 heterocycles. The van der Waals surface area contributed by atoms with Crippen LogP contribution in [-0.2, 0) is 14.3 Å². The molecule has 120 valence electrons. The van der Waals surface area contributed by atoms with Gasteiger partial charge in [-0.1, -0.05) is 12.7 Å². The highest BCUT2D eigenvalue weighted by Gasteiger charge is 2.30. The summed E-state index contributed by atoms with van der Waals surface area (Å²) >= 11 is 0. The lowest BCUT2D eigenvalue weighted by Gasteiger charge is -2.26. The molecular formula is C14H24N2O5. The van der Waals surface area contributed by atoms with E-state index in [1.165, 1.54) is 11.0 Å². The molecule has 1 aliphatic rings. The molecular weight excluding hydrogens is 276 g/mol. The minimum atomic E-state index is -0.590. The predicted molar refractivity (Wildman–Crippen MR) is 76.6 cm³/mol. The molecule has 7 nitrogen and oxygen atoms in total. The summed E-state index contributed by atoms with van der Waals surface area (Å²) in [6.07, 6.45) is 0.134. The van der Waals surface area contributed by atoms with E-state index in [1.54, 1.807) is 6.92 Å². The molecule has 1 fully saturated rings. The van der Waals surface area contributed by atoms with Crippen molar-refractivity contribution in [2.45, 2.75) is 39.4 Å². The van der Waals surface area contributed by atoms with Crippen LogP contribution in [0.3, 0.4) is 0 Å². The number of ether oxygens (including phenoxy) is 2. The second kappa shape index (κ2) is 7.31. The average molecular weight is 300 g/mol. The van der Waals surface area contributed by atoms with E-state index >= 15 is 0 Å². The summed E-state index contributed by atoms with van der Waals surface area (Å²) in [6, 6.07) is 0. The van der Waals surface area contributed by atoms with E-state index in [-0.39, 0.29) is 19.3 Å². The van der Waals surface area contributed by atoms with Gasteiger partial charge >= 0.3 is 12.2 Å². The van der Waals surface area contributed by atoms with Gasteiger partial charge in [-0.25, -0.2) is 9.59 Å². The number of hydroxylamine groups is 2. The first kappa shape index (κ1) is 17.3. The maximum absolute atomic E-state index is 12.1. The van der Waals surface area contributed by atoms with Crippen LogP contribution in [0.1, 0.15) is 27.7 Å². The number of amides is 2. The zero-order valence-electron chi connectivity index (χ0n) is 13.1. The zero-order chi connectivity index (χ0) is 16.0. The Bertz CT molecular complexity index is 391. The molecule has 2 amide bonds. The van der Waals surface area contributed by atoms with Gasteiger partial charge in [0, 0.05) is 6.54 Å². The number of hydrogen-bond acceptors (Lipinski definition) is 5. The quantitative estimate of drug-likeness (QED) is 0.731. The minimum absolute atomic E-state index is 0.114. The first-order chi connectivity index (χ1) is 9.73. The molecule has 21 heavy (non-hydrogen) atoms. The molecule has 0 bridgehead atoms. The fourth-order valence-electron chi connectivity index (χ4n) is 1.75. The Hall–Kier alpha value is -1.76. The summed E-state index contributed by atoms with van der Waals surface area (Å²) in [4.78, 5) is 30.8. The first-order valence-corrected chi connectivity index (χ1v) is 6.93. The number of carbonyl (C=O) groups is 2. The second-order valence-corrected chi connectivity index (χ2v) is 5.81. The molecule has 1 aliphatic heterocycles. The molecule has 0 radical (unpaired) electrons. The lowest BCUT2D eigenvalue weighted by Crippen LogP contribution is -2.40. The maximum Gasteiger partial charge on any atom is 0.434 e. The minimum Gasteiger partial charge on any atom is -0.444 e. The van der Waals surface area contributed by atoms with Crippen LogP contribution in [0.2, 0.25) is 0 Å². The summed E-state index contributed by atoms with van der Waals surface area (Å²) in [5.74, 6) is 0. The van der Waals surface area contributed by atoms with E-state index in [9.17, 15) is 9.59 Å². The van der Waals surface area contributed by atoms with Crippen molar-refractivity contribution in [3.8, 4) is 0 Å². The third-order valence-corrected chi connectivity index (χ3v) is 2.54. The van der Waals surface area contributed by atoms with Gasteiger partial charge in [0.1, 0.15) is 18.3 Å². The largest absolute Gasteiger partial charge is 0.444 e. The van der Waals surface area contributed by atoms with E-state index < -0.39 is 17.8 Å². The van der Waals surface area contributed by atoms with Gasteiger partial charge in [-0.2, -0.15) is 5.06 Å². The van der Waals surface area contributed by atoms with Gasteiger partial charge in [0.15, 0.2) is 0 Å². The van der Waals surface area contributed by atoms with Gasteiger partial charge in [-0.05, 0) is 27.7 Å². The molecule has 1 saturated heterocycles. The van der Waals surface area contributed by atoms with Crippen molar-refractivity contribution in [3.05, 3.63) is 12.7 Å². The number of carbonyl (C=O) groups excluding carboxylic acids is 2. The summed E-state index contributed by atoms with van der Waals surface area (Å²) in [7, 11) is 0. The lowest BCUT2D eigenvalue weighted by atomic mass is 10.2. The number of rotatable bonds is 2. The molecule has 1 rings (SSSR count). The van der Waals surface area contributed by atoms with Crippen LogP contribution in [0.4, 0.5) is 9.59 Å². The van der Waals surface area contributed by atoms with E-state index in [2.05, 4.69) is 6.58 Å². The molecule has 0 aromatic rings. The topological polar surface area (TPSA) is 68.3 Å². The van der Waals surface area contributed by atoms with Crippen LogP contribution in [0.25, 0.3) is 0 Å². The Labute approximate surface area is 125 Å². The average Bonchev–Trinajstić information content (AvgIpc) is 2.56. The highest BCUT2D eigenvalue weighted by atomic mass is 16.7. The molecule has 7 heteroatoms. The molecule has 0 aliphatic carbocycles. The van der Waals surface area contributed by atoms with Crippen molar-refractivity contribution < 1.29 is 23.9 Å². The highest BCUT2D eigenvalue weighted by Crippen LogP contribution is 2.14. The van der Waals surface area contributed by atoms with Crippen molar-refractivity contribution in [3.63, 3.8) is 0 Å². The van der Waals surface area contributed by atoms with Crippen molar-refractivity contribution in [2.75, 3.05) is 26.2 Å². The van der Waals surface area contributed by atoms with Crippen LogP contribution < -0.4 is 0 Å². The smallest absolute Gasteiger partial charge is 0.434 e. The Morgan fingerprint density at radius 3 is 2.57 bits per heavy atom. The van der Waals surface area contributed by atoms with Crippen molar-refractivity contribution in [1.82, 2.24) is 9.96 Å². The Morgan fingerprint density at radius 2 is 2.00 bits per heavy atom. The standard InChI is InChI=1S/C14H24N2O5/c1-6-9-19-13(18)16-8-7-15(10-11(2)21-16)12(17)20-14(3,4)5/h6,11H,1,7-10H2,2-5H3/t11-/m0/s1. The molecule has 0 aromatic heterocycles. The van der Waals surface area contributed by atoms with E-state index in [1.807, 2.05) is 20.8 Å². The summed E-state index contributed by atoms with van der Waals surface area (Å²) in [5.41, 5.74) is -0.559. The van der Waals surface area contributed by atoms with Crippen molar-refractivity contribution in [1.29, 1.82) is 0 Å². The van der Waals surface area contributed by atoms with Crippen LogP contribution in [0, 0.1) is 0 Å². The third-order valence-electron chi connectivity index (χ3n) is 2.54. The predicted octanol–water partition coefficient (Wildman–Crippen LogP) is 2.18. The highest BCUT2D eigenvalue weighted by molar-refractivity contribution is 5.69. The van der Waals surface area contributed by atoms with Gasteiger partial charge in [0.25, 0.3) is 0 Å². The Balaban J connectivity index is 2.61. The van der Waals surface area contributed by atoms with Gasteiger partial charge in [-0.15, -0.1) is 0 Å². The summed E-state index contributed by atoms with van der Waals surface area (Å²) in [6.45, 7) is 11.7. The normalized spacial score (nSPS) is 19.7. The molecule has 0 N–H and O–H groups in total. The van der Waals surface area contributed by atoms with Crippen LogP contribution in [0.5, 0.6) is 0 Å². The number of nitrogens with zero attached hydrogens (tertiary/aromatic N) is 2. The van der Waals surface area contributed by atoms with Crippen molar-refractivity contribution in [2.24, 2.45) is 0 Å². The van der Waals surface area contributed by atoms with E-state index in [4.69, 9.17) is 14.3 Å². The van der Waals surface area contributed by atoms with Gasteiger partial charge in [0.05, 0.1) is 13.1 Å². The molecule has 0 saturated carbocycles. The number of hydrogen-bond donors (Lipinski definition) is 0. The van der Waals surface area contributed by atoms with E-state index in [0.29, 0.717) is 13.1 Å². The lowest BCUT2D eigenvalue weighted by molar-refractivity contribution is -0.157. The van der Waals surface area contributed by atoms with Crippen LogP contribution in [0.15, 0.2) is 12.7 Å². The SMILES string of the molecule is C=CCOC(=O)N1CCN(C(=O)OC(C)(C)C)C[C@H](C)O1. The summed E-state index contributed by atoms with van der Waals surface area (Å²) in [5, 5.41) is 1.12. The second-order valence-electron chi connectivity index (χ2n) is 5.81. The maximum atomic E-state index is 12.1. The zero-order valence-corrected chi connectivity index (χ0v) is 13.1. The van der Waals surface area contributed by atoms with Gasteiger partial charge in [0.2, 0.25) is 0 Å². The fraction of sp³-hybridized carbons (Fsp3) is 0.714. The van der Waals surface area contributed by atoms with Gasteiger partial charge < -0.3 is 14.4 Å². The van der Waals surface area contributed by atoms with Crippen LogP contribution >= 0.6 is 0 Å². The van der Waals surface area contributed by atoms with Gasteiger partial charge in [-0.3, -0.25) is 4.84 Å². The van der Waals surface area contributed by atoms with Crippen LogP contribution in [-0.4, -0.2) is 60.1 Å². The molecule has 0 aromatic carbocycles. The van der Waals surface area contributed by atoms with E-state index in [0.717, 1.165) is 5.06 Å². The Kier molecular flexibility index (Phi) is 6.02. The molecule has 0 spiro atoms. The third kappa shape index (κ3) is 6.03.